The van der Waals surface area contributed by atoms with Gasteiger partial charge in [-0.25, -0.2) is 10.2 Å². The number of thiophene rings is 1. The van der Waals surface area contributed by atoms with Crippen LogP contribution in [0.2, 0.25) is 0 Å². The van der Waals surface area contributed by atoms with Gasteiger partial charge in [0.1, 0.15) is 5.00 Å². The highest BCUT2D eigenvalue weighted by molar-refractivity contribution is 7.17. The Hall–Kier alpha value is -2.22. The van der Waals surface area contributed by atoms with E-state index in [9.17, 15) is 14.4 Å². The molecule has 0 unspecified atom stereocenters. The number of rotatable bonds is 3. The number of methoxy groups -OCH3 is 1. The summed E-state index contributed by atoms with van der Waals surface area (Å²) in [5, 5.41) is 6.95. The molecule has 0 aromatic carbocycles. The summed E-state index contributed by atoms with van der Waals surface area (Å²) >= 11 is 1.34. The number of aryl methyl sites for hydroxylation is 1. The zero-order valence-electron chi connectivity index (χ0n) is 14.1. The molecule has 2 aliphatic carbocycles. The van der Waals surface area contributed by atoms with Crippen LogP contribution in [0.5, 0.6) is 0 Å². The molecule has 0 bridgehead atoms. The van der Waals surface area contributed by atoms with Gasteiger partial charge in [-0.2, -0.15) is 5.10 Å². The summed E-state index contributed by atoms with van der Waals surface area (Å²) in [6.07, 6.45) is 7.64. The number of amides is 2. The minimum absolute atomic E-state index is 0.375. The van der Waals surface area contributed by atoms with Crippen molar-refractivity contribution in [3.63, 3.8) is 0 Å². The summed E-state index contributed by atoms with van der Waals surface area (Å²) in [5.41, 5.74) is 4.53. The molecule has 8 heteroatoms. The Morgan fingerprint density at radius 3 is 2.48 bits per heavy atom. The SMILES string of the molecule is COC(=O)c1c(NC(=O)C(=O)NN=C2CCCCC2)sc2c1CCC2. The maximum atomic E-state index is 12.1. The second-order valence-electron chi connectivity index (χ2n) is 6.19. The van der Waals surface area contributed by atoms with E-state index in [0.29, 0.717) is 10.6 Å². The van der Waals surface area contributed by atoms with Crippen LogP contribution in [0.4, 0.5) is 5.00 Å². The van der Waals surface area contributed by atoms with Gasteiger partial charge in [0.2, 0.25) is 0 Å². The van der Waals surface area contributed by atoms with E-state index in [1.54, 1.807) is 0 Å². The standard InChI is InChI=1S/C17H21N3O4S/c1-24-17(23)13-11-8-5-9-12(11)25-16(13)18-14(21)15(22)20-19-10-6-3-2-4-7-10/h2-9H2,1H3,(H,18,21)(H,20,22). The Morgan fingerprint density at radius 1 is 1.00 bits per heavy atom. The molecule has 1 heterocycles. The van der Waals surface area contributed by atoms with Gasteiger partial charge in [-0.15, -0.1) is 11.3 Å². The average Bonchev–Trinajstić information content (AvgIpc) is 3.20. The summed E-state index contributed by atoms with van der Waals surface area (Å²) in [5.74, 6) is -2.15. The van der Waals surface area contributed by atoms with Crippen LogP contribution < -0.4 is 10.7 Å². The Kier molecular flexibility index (Phi) is 5.47. The van der Waals surface area contributed by atoms with Gasteiger partial charge in [0, 0.05) is 10.6 Å². The third kappa shape index (κ3) is 3.89. The van der Waals surface area contributed by atoms with E-state index in [1.807, 2.05) is 0 Å². The van der Waals surface area contributed by atoms with Gasteiger partial charge in [-0.1, -0.05) is 6.42 Å². The van der Waals surface area contributed by atoms with Crippen LogP contribution in [0.15, 0.2) is 5.10 Å². The van der Waals surface area contributed by atoms with Crippen LogP contribution in [-0.2, 0) is 27.2 Å². The van der Waals surface area contributed by atoms with E-state index in [-0.39, 0.29) is 0 Å². The van der Waals surface area contributed by atoms with Crippen molar-refractivity contribution in [3.05, 3.63) is 16.0 Å². The molecule has 1 fully saturated rings. The second-order valence-corrected chi connectivity index (χ2v) is 7.29. The fourth-order valence-corrected chi connectivity index (χ4v) is 4.49. The van der Waals surface area contributed by atoms with E-state index in [4.69, 9.17) is 4.74 Å². The topological polar surface area (TPSA) is 96.9 Å². The molecule has 1 aromatic rings. The van der Waals surface area contributed by atoms with E-state index >= 15 is 0 Å². The van der Waals surface area contributed by atoms with Gasteiger partial charge in [0.05, 0.1) is 12.7 Å². The van der Waals surface area contributed by atoms with Crippen LogP contribution in [-0.4, -0.2) is 30.6 Å². The molecule has 2 N–H and O–H groups in total. The van der Waals surface area contributed by atoms with E-state index in [2.05, 4.69) is 15.8 Å². The highest BCUT2D eigenvalue weighted by Crippen LogP contribution is 2.39. The predicted molar refractivity (Wildman–Crippen MR) is 95.0 cm³/mol. The van der Waals surface area contributed by atoms with Gasteiger partial charge in [0.25, 0.3) is 0 Å². The van der Waals surface area contributed by atoms with Crippen LogP contribution in [0.1, 0.15) is 59.3 Å². The molecule has 0 atom stereocenters. The molecule has 0 spiro atoms. The van der Waals surface area contributed by atoms with Crippen molar-refractivity contribution in [1.82, 2.24) is 5.43 Å². The largest absolute Gasteiger partial charge is 0.465 e. The Labute approximate surface area is 149 Å². The van der Waals surface area contributed by atoms with E-state index < -0.39 is 17.8 Å². The zero-order valence-corrected chi connectivity index (χ0v) is 15.0. The van der Waals surface area contributed by atoms with Crippen molar-refractivity contribution in [1.29, 1.82) is 0 Å². The predicted octanol–water partition coefficient (Wildman–Crippen LogP) is 2.40. The number of hydrazone groups is 1. The zero-order chi connectivity index (χ0) is 17.8. The van der Waals surface area contributed by atoms with Gasteiger partial charge >= 0.3 is 17.8 Å². The quantitative estimate of drug-likeness (QED) is 0.489. The number of hydrogen-bond donors (Lipinski definition) is 2. The minimum Gasteiger partial charge on any atom is -0.465 e. The van der Waals surface area contributed by atoms with Crippen LogP contribution in [0.25, 0.3) is 0 Å². The summed E-state index contributed by atoms with van der Waals surface area (Å²) < 4.78 is 4.82. The number of nitrogens with zero attached hydrogens (tertiary/aromatic N) is 1. The van der Waals surface area contributed by atoms with Gasteiger partial charge in [-0.05, 0) is 50.5 Å². The third-order valence-electron chi connectivity index (χ3n) is 4.49. The summed E-state index contributed by atoms with van der Waals surface area (Å²) in [4.78, 5) is 37.2. The first-order valence-corrected chi connectivity index (χ1v) is 9.31. The molecule has 1 saturated carbocycles. The second kappa shape index (κ2) is 7.77. The number of carbonyl (C=O) groups is 3. The van der Waals surface area contributed by atoms with Crippen molar-refractivity contribution in [2.24, 2.45) is 5.10 Å². The average molecular weight is 363 g/mol. The molecule has 25 heavy (non-hydrogen) atoms. The Balaban J connectivity index is 1.68. The lowest BCUT2D eigenvalue weighted by molar-refractivity contribution is -0.136. The van der Waals surface area contributed by atoms with Crippen molar-refractivity contribution in [2.75, 3.05) is 12.4 Å². The van der Waals surface area contributed by atoms with Crippen LogP contribution >= 0.6 is 11.3 Å². The van der Waals surface area contributed by atoms with Crippen molar-refractivity contribution in [2.45, 2.75) is 51.4 Å². The first-order chi connectivity index (χ1) is 12.1. The fraction of sp³-hybridized carbons (Fsp3) is 0.529. The smallest absolute Gasteiger partial charge is 0.341 e. The Bertz CT molecular complexity index is 730. The van der Waals surface area contributed by atoms with E-state index in [0.717, 1.165) is 61.1 Å². The molecule has 0 radical (unpaired) electrons. The Morgan fingerprint density at radius 2 is 1.76 bits per heavy atom. The number of carbonyl (C=O) groups excluding carboxylic acids is 3. The lowest BCUT2D eigenvalue weighted by Crippen LogP contribution is -2.33. The van der Waals surface area contributed by atoms with Gasteiger partial charge in [0.15, 0.2) is 0 Å². The number of anilines is 1. The van der Waals surface area contributed by atoms with Crippen molar-refractivity contribution in [3.8, 4) is 0 Å². The molecule has 1 aromatic heterocycles. The maximum absolute atomic E-state index is 12.1. The lowest BCUT2D eigenvalue weighted by atomic mass is 9.99. The van der Waals surface area contributed by atoms with Crippen LogP contribution in [0.3, 0.4) is 0 Å². The molecule has 2 amide bonds. The summed E-state index contributed by atoms with van der Waals surface area (Å²) in [6, 6.07) is 0. The molecule has 3 rings (SSSR count). The van der Waals surface area contributed by atoms with Crippen LogP contribution in [0, 0.1) is 0 Å². The molecular formula is C17H21N3O4S. The lowest BCUT2D eigenvalue weighted by Gasteiger charge is -2.12. The molecule has 0 aliphatic heterocycles. The molecule has 0 saturated heterocycles. The van der Waals surface area contributed by atoms with E-state index in [1.165, 1.54) is 24.9 Å². The third-order valence-corrected chi connectivity index (χ3v) is 5.70. The highest BCUT2D eigenvalue weighted by atomic mass is 32.1. The van der Waals surface area contributed by atoms with Gasteiger partial charge in [-0.3, -0.25) is 9.59 Å². The number of esters is 1. The molecule has 2 aliphatic rings. The summed E-state index contributed by atoms with van der Waals surface area (Å²) in [6.45, 7) is 0. The minimum atomic E-state index is -0.831. The highest BCUT2D eigenvalue weighted by Gasteiger charge is 2.29. The number of hydrogen-bond acceptors (Lipinski definition) is 6. The maximum Gasteiger partial charge on any atom is 0.341 e. The first kappa shape index (κ1) is 17.6. The van der Waals surface area contributed by atoms with Gasteiger partial charge < -0.3 is 10.1 Å². The number of nitrogens with one attached hydrogen (secondary N) is 2. The normalized spacial score (nSPS) is 16.1. The molecule has 134 valence electrons. The van der Waals surface area contributed by atoms with Crippen molar-refractivity contribution < 1.29 is 19.1 Å². The number of ether oxygens (including phenoxy) is 1. The molecule has 7 nitrogen and oxygen atoms in total. The molecular weight excluding hydrogens is 342 g/mol. The fourth-order valence-electron chi connectivity index (χ4n) is 3.22. The first-order valence-electron chi connectivity index (χ1n) is 8.49. The number of fused-ring (bicyclic) bond motifs is 1. The monoisotopic (exact) mass is 363 g/mol. The summed E-state index contributed by atoms with van der Waals surface area (Å²) in [7, 11) is 1.31. The van der Waals surface area contributed by atoms with Crippen molar-refractivity contribution >= 4 is 39.8 Å².